The van der Waals surface area contributed by atoms with Crippen LogP contribution in [0.2, 0.25) is 0 Å². The van der Waals surface area contributed by atoms with Crippen LogP contribution >= 0.6 is 35.3 Å². The molecule has 52 heavy (non-hydrogen) atoms. The molecule has 0 atom stereocenters. The van der Waals surface area contributed by atoms with Gasteiger partial charge in [-0.05, 0) is 102 Å². The minimum absolute atomic E-state index is 0.000737. The fourth-order valence-electron chi connectivity index (χ4n) is 4.75. The number of sulfone groups is 1. The Balaban J connectivity index is 0.000000202. The van der Waals surface area contributed by atoms with Crippen LogP contribution in [0.25, 0.3) is 45.4 Å². The number of fused-ring (bicyclic) bond motifs is 2. The van der Waals surface area contributed by atoms with Crippen LogP contribution in [-0.4, -0.2) is 50.9 Å². The van der Waals surface area contributed by atoms with E-state index in [2.05, 4.69) is 32.9 Å². The normalized spacial score (nSPS) is 12.3. The average Bonchev–Trinajstić information content (AvgIpc) is 3.71. The number of oxazole rings is 2. The third-order valence-corrected chi connectivity index (χ3v) is 11.3. The van der Waals surface area contributed by atoms with Crippen molar-refractivity contribution in [1.29, 1.82) is 0 Å². The van der Waals surface area contributed by atoms with Crippen molar-refractivity contribution in [2.24, 2.45) is 0 Å². The lowest BCUT2D eigenvalue weighted by Crippen LogP contribution is -2.08. The number of rotatable bonds is 10. The first-order chi connectivity index (χ1) is 24.5. The van der Waals surface area contributed by atoms with Crippen molar-refractivity contribution in [3.63, 3.8) is 0 Å². The fraction of sp³-hybridized carbons (Fsp3) is 0.294. The van der Waals surface area contributed by atoms with Crippen molar-refractivity contribution in [3.8, 4) is 23.2 Å². The van der Waals surface area contributed by atoms with E-state index in [0.717, 1.165) is 28.2 Å². The molecule has 276 valence electrons. The Morgan fingerprint density at radius 1 is 0.673 bits per heavy atom. The molecule has 4 heterocycles. The topological polar surface area (TPSA) is 112 Å². The molecule has 0 N–H and O–H groups in total. The number of aromatic nitrogens is 4. The van der Waals surface area contributed by atoms with Crippen LogP contribution in [0.15, 0.2) is 89.3 Å². The lowest BCUT2D eigenvalue weighted by Gasteiger charge is -2.07. The number of thioether (sulfide) groups is 3. The molecule has 0 saturated carbocycles. The zero-order valence-corrected chi connectivity index (χ0v) is 31.2. The van der Waals surface area contributed by atoms with Crippen molar-refractivity contribution >= 4 is 67.3 Å². The molecule has 0 amide bonds. The number of hydrogen-bond donors (Lipinski definition) is 0. The van der Waals surface area contributed by atoms with Gasteiger partial charge in [-0.15, -0.1) is 11.8 Å². The predicted molar refractivity (Wildman–Crippen MR) is 191 cm³/mol. The van der Waals surface area contributed by atoms with Crippen LogP contribution in [0.4, 0.5) is 26.3 Å². The highest BCUT2D eigenvalue weighted by atomic mass is 32.2. The first-order valence-corrected chi connectivity index (χ1v) is 20.0. The lowest BCUT2D eigenvalue weighted by atomic mass is 10.2. The van der Waals surface area contributed by atoms with E-state index in [4.69, 9.17) is 8.83 Å². The SMILES string of the molecule is CCSc1cc(CC)cnc1-c1nc2cc(SC(F)(F)F)ccc2o1.CCc1cnc(-c2nc3cc(SC(F)(F)F)ccc3o2)c(S(=O)(=O)CC)c1. The zero-order valence-electron chi connectivity index (χ0n) is 27.9. The van der Waals surface area contributed by atoms with Gasteiger partial charge in [0.25, 0.3) is 0 Å². The maximum atomic E-state index is 12.5. The Morgan fingerprint density at radius 3 is 1.62 bits per heavy atom. The van der Waals surface area contributed by atoms with E-state index in [-0.39, 0.29) is 66.6 Å². The van der Waals surface area contributed by atoms with Crippen LogP contribution in [0.1, 0.15) is 38.8 Å². The standard InChI is InChI=1S/C17H15F3N2O3S2.C17H15F3N2OS2/c1-3-10-7-14(27(23,24)4-2)15(21-9-10)16-22-12-8-11(26-17(18,19)20)5-6-13(12)25-16;1-3-10-7-14(24-4-2)15(21-9-10)16-22-12-8-11(25-17(18,19)20)5-6-13(12)23-16/h5-9H,3-4H2,1-2H3;5-9H,3-4H2,1-2H3. The molecule has 0 fully saturated rings. The number of nitrogens with zero attached hydrogens (tertiary/aromatic N) is 4. The summed E-state index contributed by atoms with van der Waals surface area (Å²) in [6.45, 7) is 7.49. The van der Waals surface area contributed by atoms with Gasteiger partial charge in [0.1, 0.15) is 22.4 Å². The van der Waals surface area contributed by atoms with Gasteiger partial charge in [-0.1, -0.05) is 27.7 Å². The summed E-state index contributed by atoms with van der Waals surface area (Å²) in [5.41, 5.74) is -4.96. The van der Waals surface area contributed by atoms with Gasteiger partial charge in [0, 0.05) is 27.1 Å². The predicted octanol–water partition coefficient (Wildman–Crippen LogP) is 11.0. The van der Waals surface area contributed by atoms with Crippen molar-refractivity contribution in [2.45, 2.75) is 71.1 Å². The summed E-state index contributed by atoms with van der Waals surface area (Å²) in [7, 11) is -3.59. The highest BCUT2D eigenvalue weighted by Gasteiger charge is 2.31. The van der Waals surface area contributed by atoms with Crippen LogP contribution in [0.5, 0.6) is 0 Å². The molecule has 0 saturated heterocycles. The molecule has 0 aliphatic carbocycles. The Bertz CT molecular complexity index is 2310. The van der Waals surface area contributed by atoms with Crippen LogP contribution in [-0.2, 0) is 22.7 Å². The molecule has 0 spiro atoms. The lowest BCUT2D eigenvalue weighted by molar-refractivity contribution is -0.0337. The molecule has 0 bridgehead atoms. The molecule has 0 unspecified atom stereocenters. The number of benzene rings is 2. The maximum Gasteiger partial charge on any atom is 0.446 e. The summed E-state index contributed by atoms with van der Waals surface area (Å²) in [5, 5.41) is 0. The average molecular weight is 801 g/mol. The second-order valence-electron chi connectivity index (χ2n) is 10.8. The van der Waals surface area contributed by atoms with Gasteiger partial charge in [0.2, 0.25) is 11.8 Å². The monoisotopic (exact) mass is 800 g/mol. The van der Waals surface area contributed by atoms with Crippen LogP contribution in [0, 0.1) is 0 Å². The Hall–Kier alpha value is -3.74. The molecule has 0 aliphatic rings. The van der Waals surface area contributed by atoms with E-state index < -0.39 is 20.9 Å². The van der Waals surface area contributed by atoms with E-state index in [0.29, 0.717) is 29.1 Å². The minimum Gasteiger partial charge on any atom is -0.435 e. The Kier molecular flexibility index (Phi) is 12.2. The summed E-state index contributed by atoms with van der Waals surface area (Å²) in [4.78, 5) is 18.2. The quantitative estimate of drug-likeness (QED) is 0.0975. The summed E-state index contributed by atoms with van der Waals surface area (Å²) in [6, 6.07) is 11.7. The minimum atomic E-state index is -4.42. The largest absolute Gasteiger partial charge is 0.446 e. The third kappa shape index (κ3) is 9.81. The van der Waals surface area contributed by atoms with Crippen molar-refractivity contribution in [2.75, 3.05) is 11.5 Å². The Labute approximate surface area is 307 Å². The second kappa shape index (κ2) is 16.1. The van der Waals surface area contributed by atoms with Gasteiger partial charge in [-0.3, -0.25) is 0 Å². The Morgan fingerprint density at radius 2 is 1.15 bits per heavy atom. The molecule has 6 rings (SSSR count). The van der Waals surface area contributed by atoms with Gasteiger partial charge in [-0.25, -0.2) is 28.4 Å². The van der Waals surface area contributed by atoms with Crippen molar-refractivity contribution in [1.82, 2.24) is 19.9 Å². The van der Waals surface area contributed by atoms with E-state index in [1.165, 1.54) is 55.6 Å². The molecule has 0 aliphatic heterocycles. The van der Waals surface area contributed by atoms with Gasteiger partial charge < -0.3 is 8.83 Å². The molecular weight excluding hydrogens is 771 g/mol. The number of aryl methyl sites for hydroxylation is 2. The highest BCUT2D eigenvalue weighted by molar-refractivity contribution is 8.00. The number of hydrogen-bond acceptors (Lipinski definition) is 11. The molecular formula is C34H30F6N4O4S4. The van der Waals surface area contributed by atoms with Crippen LogP contribution in [0.3, 0.4) is 0 Å². The highest BCUT2D eigenvalue weighted by Crippen LogP contribution is 2.40. The van der Waals surface area contributed by atoms with Gasteiger partial charge in [0.05, 0.1) is 10.6 Å². The maximum absolute atomic E-state index is 12.5. The molecule has 8 nitrogen and oxygen atoms in total. The molecule has 2 aromatic carbocycles. The van der Waals surface area contributed by atoms with Crippen LogP contribution < -0.4 is 0 Å². The van der Waals surface area contributed by atoms with Gasteiger partial charge >= 0.3 is 11.0 Å². The zero-order chi connectivity index (χ0) is 37.8. The molecule has 18 heteroatoms. The first kappa shape index (κ1) is 39.5. The van der Waals surface area contributed by atoms with Gasteiger partial charge in [0.15, 0.2) is 21.0 Å². The summed E-state index contributed by atoms with van der Waals surface area (Å²) in [6.07, 6.45) is 4.78. The fourth-order valence-corrected chi connectivity index (χ4v) is 7.79. The summed E-state index contributed by atoms with van der Waals surface area (Å²) in [5.74, 6) is 1.02. The van der Waals surface area contributed by atoms with E-state index in [9.17, 15) is 34.8 Å². The van der Waals surface area contributed by atoms with E-state index in [1.807, 2.05) is 13.8 Å². The van der Waals surface area contributed by atoms with Crippen molar-refractivity contribution < 1.29 is 43.6 Å². The second-order valence-corrected chi connectivity index (χ2v) is 16.6. The first-order valence-electron chi connectivity index (χ1n) is 15.7. The molecule has 6 aromatic rings. The number of halogens is 6. The summed E-state index contributed by atoms with van der Waals surface area (Å²) >= 11 is 1.21. The number of pyridine rings is 2. The van der Waals surface area contributed by atoms with E-state index in [1.54, 1.807) is 18.0 Å². The molecule has 4 aromatic heterocycles. The number of alkyl halides is 6. The summed E-state index contributed by atoms with van der Waals surface area (Å²) < 4.78 is 111. The van der Waals surface area contributed by atoms with Crippen molar-refractivity contribution in [3.05, 3.63) is 72.1 Å². The molecule has 0 radical (unpaired) electrons. The van der Waals surface area contributed by atoms with Gasteiger partial charge in [-0.2, -0.15) is 26.3 Å². The smallest absolute Gasteiger partial charge is 0.435 e. The van der Waals surface area contributed by atoms with E-state index >= 15 is 0 Å². The third-order valence-electron chi connectivity index (χ3n) is 7.24.